The van der Waals surface area contributed by atoms with Crippen molar-refractivity contribution in [3.63, 3.8) is 0 Å². The molecule has 0 aliphatic rings. The van der Waals surface area contributed by atoms with Gasteiger partial charge >= 0.3 is 0 Å². The van der Waals surface area contributed by atoms with Gasteiger partial charge in [0.15, 0.2) is 0 Å². The van der Waals surface area contributed by atoms with Crippen LogP contribution < -0.4 is 10.5 Å². The van der Waals surface area contributed by atoms with Crippen LogP contribution >= 0.6 is 34.8 Å². The summed E-state index contributed by atoms with van der Waals surface area (Å²) in [6, 6.07) is 5.60. The average Bonchev–Trinajstić information content (AvgIpc) is 2.30. The van der Waals surface area contributed by atoms with E-state index in [1.165, 1.54) is 24.3 Å². The highest BCUT2D eigenvalue weighted by molar-refractivity contribution is 7.93. The Morgan fingerprint density at radius 3 is 2.24 bits per heavy atom. The van der Waals surface area contributed by atoms with Crippen molar-refractivity contribution in [1.29, 1.82) is 0 Å². The maximum atomic E-state index is 12.4. The number of hydrogen-bond acceptors (Lipinski definition) is 4. The first-order chi connectivity index (χ1) is 9.70. The van der Waals surface area contributed by atoms with E-state index in [9.17, 15) is 8.42 Å². The van der Waals surface area contributed by atoms with Gasteiger partial charge in [0.2, 0.25) is 0 Å². The van der Waals surface area contributed by atoms with Gasteiger partial charge in [0, 0.05) is 5.69 Å². The van der Waals surface area contributed by atoms with Gasteiger partial charge in [0.1, 0.15) is 10.0 Å². The second kappa shape index (κ2) is 5.88. The number of aryl methyl sites for hydroxylation is 1. The molecule has 0 saturated carbocycles. The molecule has 2 aromatic rings. The lowest BCUT2D eigenvalue weighted by molar-refractivity contribution is 0.601. The van der Waals surface area contributed by atoms with Crippen molar-refractivity contribution >= 4 is 56.2 Å². The standard InChI is InChI=1S/C12H10Cl3N3O2S/c1-6-10(2-3-11(15)17-6)18-21(19,20)12-8(13)4-7(16)5-9(12)14/h2-5,18H,16H2,1H3. The summed E-state index contributed by atoms with van der Waals surface area (Å²) in [4.78, 5) is 3.72. The number of nitrogens with one attached hydrogen (secondary N) is 1. The second-order valence-electron chi connectivity index (χ2n) is 4.19. The average molecular weight is 367 g/mol. The van der Waals surface area contributed by atoms with Gasteiger partial charge in [0.05, 0.1) is 21.4 Å². The van der Waals surface area contributed by atoms with E-state index in [4.69, 9.17) is 40.5 Å². The molecule has 0 aliphatic carbocycles. The minimum atomic E-state index is -3.98. The summed E-state index contributed by atoms with van der Waals surface area (Å²) in [6.07, 6.45) is 0. The third kappa shape index (κ3) is 3.52. The number of nitrogens with zero attached hydrogens (tertiary/aromatic N) is 1. The summed E-state index contributed by atoms with van der Waals surface area (Å²) in [5.41, 5.74) is 6.53. The topological polar surface area (TPSA) is 85.1 Å². The van der Waals surface area contributed by atoms with Gasteiger partial charge in [-0.05, 0) is 31.2 Å². The number of pyridine rings is 1. The predicted molar refractivity (Wildman–Crippen MR) is 85.7 cm³/mol. The van der Waals surface area contributed by atoms with E-state index in [0.29, 0.717) is 5.69 Å². The number of anilines is 2. The Hall–Kier alpha value is -1.21. The fourth-order valence-electron chi connectivity index (χ4n) is 1.67. The molecule has 21 heavy (non-hydrogen) atoms. The lowest BCUT2D eigenvalue weighted by Crippen LogP contribution is -2.15. The quantitative estimate of drug-likeness (QED) is 0.640. The Balaban J connectivity index is 2.48. The number of sulfonamides is 1. The van der Waals surface area contributed by atoms with Crippen molar-refractivity contribution in [1.82, 2.24) is 4.98 Å². The molecule has 2 rings (SSSR count). The monoisotopic (exact) mass is 365 g/mol. The first-order valence-corrected chi connectivity index (χ1v) is 8.23. The van der Waals surface area contributed by atoms with Gasteiger partial charge < -0.3 is 5.73 Å². The van der Waals surface area contributed by atoms with E-state index in [2.05, 4.69) is 9.71 Å². The summed E-state index contributed by atoms with van der Waals surface area (Å²) in [7, 11) is -3.98. The lowest BCUT2D eigenvalue weighted by Gasteiger charge is -2.13. The van der Waals surface area contributed by atoms with Crippen LogP contribution in [0.1, 0.15) is 5.69 Å². The summed E-state index contributed by atoms with van der Waals surface area (Å²) in [5, 5.41) is 0.137. The summed E-state index contributed by atoms with van der Waals surface area (Å²) >= 11 is 17.6. The Morgan fingerprint density at radius 1 is 1.14 bits per heavy atom. The minimum Gasteiger partial charge on any atom is -0.399 e. The first-order valence-electron chi connectivity index (χ1n) is 5.61. The predicted octanol–water partition coefficient (Wildman–Crippen LogP) is 3.73. The van der Waals surface area contributed by atoms with E-state index in [1.807, 2.05) is 0 Å². The van der Waals surface area contributed by atoms with Crippen LogP contribution in [0.3, 0.4) is 0 Å². The molecular weight excluding hydrogens is 357 g/mol. The van der Waals surface area contributed by atoms with Crippen molar-refractivity contribution in [2.24, 2.45) is 0 Å². The number of aromatic nitrogens is 1. The van der Waals surface area contributed by atoms with E-state index in [1.54, 1.807) is 6.92 Å². The van der Waals surface area contributed by atoms with Gasteiger partial charge in [0.25, 0.3) is 10.0 Å². The Bertz CT molecular complexity index is 786. The second-order valence-corrected chi connectivity index (χ2v) is 7.01. The van der Waals surface area contributed by atoms with Crippen LogP contribution in [0.25, 0.3) is 0 Å². The molecule has 9 heteroatoms. The van der Waals surface area contributed by atoms with Crippen molar-refractivity contribution < 1.29 is 8.42 Å². The number of nitrogens with two attached hydrogens (primary N) is 1. The first kappa shape index (κ1) is 16.2. The number of benzene rings is 1. The fourth-order valence-corrected chi connectivity index (χ4v) is 4.21. The number of halogens is 3. The summed E-state index contributed by atoms with van der Waals surface area (Å²) < 4.78 is 27.2. The van der Waals surface area contributed by atoms with Crippen LogP contribution in [-0.2, 0) is 10.0 Å². The molecule has 0 aliphatic heterocycles. The molecular formula is C12H10Cl3N3O2S. The van der Waals surface area contributed by atoms with Crippen LogP contribution in [-0.4, -0.2) is 13.4 Å². The van der Waals surface area contributed by atoms with Crippen molar-refractivity contribution in [2.75, 3.05) is 10.5 Å². The maximum absolute atomic E-state index is 12.4. The van der Waals surface area contributed by atoms with Crippen LogP contribution in [0.2, 0.25) is 15.2 Å². The molecule has 1 aromatic carbocycles. The fraction of sp³-hybridized carbons (Fsp3) is 0.0833. The minimum absolute atomic E-state index is 0.0629. The summed E-state index contributed by atoms with van der Waals surface area (Å²) in [6.45, 7) is 1.62. The van der Waals surface area contributed by atoms with Gasteiger partial charge in [-0.3, -0.25) is 4.72 Å². The van der Waals surface area contributed by atoms with Crippen molar-refractivity contribution in [3.8, 4) is 0 Å². The van der Waals surface area contributed by atoms with Crippen LogP contribution in [0.5, 0.6) is 0 Å². The van der Waals surface area contributed by atoms with Gasteiger partial charge in [-0.2, -0.15) is 0 Å². The van der Waals surface area contributed by atoms with Crippen molar-refractivity contribution in [2.45, 2.75) is 11.8 Å². The normalized spacial score (nSPS) is 11.4. The number of rotatable bonds is 3. The zero-order valence-corrected chi connectivity index (χ0v) is 13.8. The molecule has 1 aromatic heterocycles. The van der Waals surface area contributed by atoms with Crippen LogP contribution in [0.15, 0.2) is 29.2 Å². The zero-order chi connectivity index (χ0) is 15.8. The zero-order valence-electron chi connectivity index (χ0n) is 10.7. The molecule has 0 radical (unpaired) electrons. The molecule has 0 fully saturated rings. The Kier molecular flexibility index (Phi) is 4.53. The highest BCUT2D eigenvalue weighted by Crippen LogP contribution is 2.33. The number of nitrogen functional groups attached to an aromatic ring is 1. The Labute approximate surface area is 137 Å². The smallest absolute Gasteiger partial charge is 0.264 e. The molecule has 0 bridgehead atoms. The van der Waals surface area contributed by atoms with Gasteiger partial charge in [-0.1, -0.05) is 34.8 Å². The molecule has 0 unspecified atom stereocenters. The Morgan fingerprint density at radius 2 is 1.71 bits per heavy atom. The molecule has 0 saturated heterocycles. The van der Waals surface area contributed by atoms with E-state index in [-0.39, 0.29) is 31.5 Å². The van der Waals surface area contributed by atoms with Gasteiger partial charge in [-0.25, -0.2) is 13.4 Å². The third-order valence-corrected chi connectivity index (χ3v) is 5.08. The SMILES string of the molecule is Cc1nc(Cl)ccc1NS(=O)(=O)c1c(Cl)cc(N)cc1Cl. The molecule has 0 atom stereocenters. The van der Waals surface area contributed by atoms with E-state index < -0.39 is 10.0 Å². The highest BCUT2D eigenvalue weighted by atomic mass is 35.5. The third-order valence-electron chi connectivity index (χ3n) is 2.59. The molecule has 3 N–H and O–H groups in total. The molecule has 0 spiro atoms. The van der Waals surface area contributed by atoms with Crippen molar-refractivity contribution in [3.05, 3.63) is 45.2 Å². The maximum Gasteiger partial charge on any atom is 0.264 e. The highest BCUT2D eigenvalue weighted by Gasteiger charge is 2.23. The van der Waals surface area contributed by atoms with Crippen LogP contribution in [0.4, 0.5) is 11.4 Å². The molecule has 1 heterocycles. The lowest BCUT2D eigenvalue weighted by atomic mass is 10.3. The molecule has 5 nitrogen and oxygen atoms in total. The van der Waals surface area contributed by atoms with E-state index >= 15 is 0 Å². The largest absolute Gasteiger partial charge is 0.399 e. The summed E-state index contributed by atoms with van der Waals surface area (Å²) in [5.74, 6) is 0. The number of hydrogen-bond donors (Lipinski definition) is 2. The van der Waals surface area contributed by atoms with Gasteiger partial charge in [-0.15, -0.1) is 0 Å². The molecule has 112 valence electrons. The molecule has 0 amide bonds. The van der Waals surface area contributed by atoms with E-state index in [0.717, 1.165) is 0 Å². The van der Waals surface area contributed by atoms with Crippen LogP contribution in [0, 0.1) is 6.92 Å².